The molecule has 0 bridgehead atoms. The number of hydrogen-bond acceptors (Lipinski definition) is 5. The zero-order chi connectivity index (χ0) is 16.3. The van der Waals surface area contributed by atoms with E-state index in [9.17, 15) is 4.79 Å². The van der Waals surface area contributed by atoms with Gasteiger partial charge in [-0.25, -0.2) is 9.78 Å². The number of rotatable bonds is 4. The number of carbonyl (C=O) groups is 1. The van der Waals surface area contributed by atoms with E-state index >= 15 is 0 Å². The fourth-order valence-electron chi connectivity index (χ4n) is 2.58. The summed E-state index contributed by atoms with van der Waals surface area (Å²) in [7, 11) is 0. The Bertz CT molecular complexity index is 507. The highest BCUT2D eigenvalue weighted by Crippen LogP contribution is 2.21. The van der Waals surface area contributed by atoms with Crippen LogP contribution in [0.1, 0.15) is 58.2 Å². The van der Waals surface area contributed by atoms with Gasteiger partial charge in [-0.3, -0.25) is 0 Å². The minimum absolute atomic E-state index is 0.0230. The minimum Gasteiger partial charge on any atom is -0.444 e. The fourth-order valence-corrected chi connectivity index (χ4v) is 2.58. The molecule has 1 fully saturated rings. The number of aryl methyl sites for hydroxylation is 1. The number of nitrogens with one attached hydrogen (secondary N) is 1. The molecule has 1 amide bonds. The molecule has 124 valence electrons. The number of amides is 1. The van der Waals surface area contributed by atoms with Crippen molar-refractivity contribution in [3.8, 4) is 0 Å². The molecule has 1 aromatic rings. The second-order valence-electron chi connectivity index (χ2n) is 6.91. The molecule has 6 heteroatoms. The van der Waals surface area contributed by atoms with Gasteiger partial charge in [0.25, 0.3) is 0 Å². The van der Waals surface area contributed by atoms with Crippen LogP contribution in [0.2, 0.25) is 0 Å². The van der Waals surface area contributed by atoms with Crippen LogP contribution in [0.4, 0.5) is 4.79 Å². The Morgan fingerprint density at radius 1 is 1.59 bits per heavy atom. The molecule has 0 radical (unpaired) electrons. The lowest BCUT2D eigenvalue weighted by Crippen LogP contribution is -2.44. The maximum atomic E-state index is 12.2. The van der Waals surface area contributed by atoms with Gasteiger partial charge >= 0.3 is 6.09 Å². The number of aromatic nitrogens is 1. The van der Waals surface area contributed by atoms with Crippen LogP contribution in [0.15, 0.2) is 10.6 Å². The van der Waals surface area contributed by atoms with Crippen molar-refractivity contribution in [1.29, 1.82) is 0 Å². The monoisotopic (exact) mass is 309 g/mol. The molecular weight excluding hydrogens is 282 g/mol. The predicted octanol–water partition coefficient (Wildman–Crippen LogP) is 3.03. The van der Waals surface area contributed by atoms with E-state index in [0.29, 0.717) is 12.4 Å². The molecule has 1 saturated heterocycles. The maximum absolute atomic E-state index is 12.2. The summed E-state index contributed by atoms with van der Waals surface area (Å²) in [6.45, 7) is 11.0. The Kier molecular flexibility index (Phi) is 5.11. The highest BCUT2D eigenvalue weighted by atomic mass is 16.6. The van der Waals surface area contributed by atoms with Gasteiger partial charge in [-0.15, -0.1) is 0 Å². The number of nitrogens with zero attached hydrogens (tertiary/aromatic N) is 2. The zero-order valence-corrected chi connectivity index (χ0v) is 14.2. The molecule has 0 aliphatic carbocycles. The largest absolute Gasteiger partial charge is 0.444 e. The van der Waals surface area contributed by atoms with Crippen molar-refractivity contribution in [2.75, 3.05) is 13.1 Å². The Labute approximate surface area is 132 Å². The van der Waals surface area contributed by atoms with Crippen molar-refractivity contribution in [3.63, 3.8) is 0 Å². The smallest absolute Gasteiger partial charge is 0.410 e. The Hall–Kier alpha value is -1.56. The highest BCUT2D eigenvalue weighted by molar-refractivity contribution is 5.69. The standard InChI is InChI=1S/C16H27N3O3/c1-11-9-18-14(21-11)12(2)17-10-13-7-6-8-19(13)15(20)22-16(3,4)5/h9,12-13,17H,6-8,10H2,1-5H3. The van der Waals surface area contributed by atoms with Crippen LogP contribution < -0.4 is 5.32 Å². The molecular formula is C16H27N3O3. The van der Waals surface area contributed by atoms with Crippen molar-refractivity contribution < 1.29 is 13.9 Å². The second kappa shape index (κ2) is 6.69. The van der Waals surface area contributed by atoms with Gasteiger partial charge in [0.2, 0.25) is 5.89 Å². The average molecular weight is 309 g/mol. The lowest BCUT2D eigenvalue weighted by molar-refractivity contribution is 0.0224. The third kappa shape index (κ3) is 4.47. The second-order valence-corrected chi connectivity index (χ2v) is 6.91. The first-order valence-corrected chi connectivity index (χ1v) is 7.91. The lowest BCUT2D eigenvalue weighted by atomic mass is 10.2. The zero-order valence-electron chi connectivity index (χ0n) is 14.2. The molecule has 2 heterocycles. The van der Waals surface area contributed by atoms with E-state index in [0.717, 1.165) is 25.1 Å². The summed E-state index contributed by atoms with van der Waals surface area (Å²) in [6, 6.07) is 0.183. The molecule has 2 rings (SSSR count). The van der Waals surface area contributed by atoms with Crippen LogP contribution in [-0.4, -0.2) is 40.7 Å². The molecule has 1 aromatic heterocycles. The van der Waals surface area contributed by atoms with Crippen LogP contribution in [-0.2, 0) is 4.74 Å². The van der Waals surface area contributed by atoms with Crippen LogP contribution in [0.3, 0.4) is 0 Å². The van der Waals surface area contributed by atoms with E-state index in [-0.39, 0.29) is 18.2 Å². The van der Waals surface area contributed by atoms with Gasteiger partial charge in [0.15, 0.2) is 0 Å². The van der Waals surface area contributed by atoms with Gasteiger partial charge in [-0.2, -0.15) is 0 Å². The van der Waals surface area contributed by atoms with Gasteiger partial charge in [-0.05, 0) is 47.5 Å². The van der Waals surface area contributed by atoms with Crippen molar-refractivity contribution in [3.05, 3.63) is 17.8 Å². The van der Waals surface area contributed by atoms with E-state index in [2.05, 4.69) is 10.3 Å². The van der Waals surface area contributed by atoms with Crippen LogP contribution in [0.5, 0.6) is 0 Å². The SMILES string of the molecule is Cc1cnc(C(C)NCC2CCCN2C(=O)OC(C)(C)C)o1. The Morgan fingerprint density at radius 2 is 2.32 bits per heavy atom. The summed E-state index contributed by atoms with van der Waals surface area (Å²) in [5.41, 5.74) is -0.458. The molecule has 0 saturated carbocycles. The molecule has 1 aliphatic rings. The van der Waals surface area contributed by atoms with Crippen molar-refractivity contribution in [2.24, 2.45) is 0 Å². The highest BCUT2D eigenvalue weighted by Gasteiger charge is 2.32. The first-order valence-electron chi connectivity index (χ1n) is 7.91. The van der Waals surface area contributed by atoms with Crippen LogP contribution >= 0.6 is 0 Å². The molecule has 1 aliphatic heterocycles. The lowest BCUT2D eigenvalue weighted by Gasteiger charge is -2.29. The maximum Gasteiger partial charge on any atom is 0.410 e. The molecule has 0 aromatic carbocycles. The molecule has 2 atom stereocenters. The summed E-state index contributed by atoms with van der Waals surface area (Å²) >= 11 is 0. The average Bonchev–Trinajstić information content (AvgIpc) is 3.02. The van der Waals surface area contributed by atoms with E-state index < -0.39 is 5.60 Å². The van der Waals surface area contributed by atoms with Gasteiger partial charge in [0, 0.05) is 19.1 Å². The Morgan fingerprint density at radius 3 is 2.91 bits per heavy atom. The first-order chi connectivity index (χ1) is 10.3. The third-order valence-electron chi connectivity index (χ3n) is 3.67. The van der Waals surface area contributed by atoms with Gasteiger partial charge in [0.05, 0.1) is 12.2 Å². The normalized spacial score (nSPS) is 20.2. The van der Waals surface area contributed by atoms with Crippen LogP contribution in [0.25, 0.3) is 0 Å². The summed E-state index contributed by atoms with van der Waals surface area (Å²) in [5, 5.41) is 3.40. The van der Waals surface area contributed by atoms with E-state index in [4.69, 9.17) is 9.15 Å². The molecule has 0 spiro atoms. The van der Waals surface area contributed by atoms with Gasteiger partial charge < -0.3 is 19.4 Å². The predicted molar refractivity (Wildman–Crippen MR) is 83.6 cm³/mol. The first kappa shape index (κ1) is 16.8. The van der Waals surface area contributed by atoms with E-state index in [1.807, 2.05) is 39.5 Å². The van der Waals surface area contributed by atoms with Crippen molar-refractivity contribution >= 4 is 6.09 Å². The summed E-state index contributed by atoms with van der Waals surface area (Å²) in [6.07, 6.45) is 3.49. The number of carbonyl (C=O) groups excluding carboxylic acids is 1. The minimum atomic E-state index is -0.458. The summed E-state index contributed by atoms with van der Waals surface area (Å²) in [4.78, 5) is 18.3. The quantitative estimate of drug-likeness (QED) is 0.926. The van der Waals surface area contributed by atoms with E-state index in [1.54, 1.807) is 6.20 Å². The van der Waals surface area contributed by atoms with Crippen molar-refractivity contribution in [1.82, 2.24) is 15.2 Å². The Balaban J connectivity index is 1.87. The fraction of sp³-hybridized carbons (Fsp3) is 0.750. The van der Waals surface area contributed by atoms with Gasteiger partial charge in [0.1, 0.15) is 11.4 Å². The summed E-state index contributed by atoms with van der Waals surface area (Å²) in [5.74, 6) is 1.49. The number of oxazole rings is 1. The molecule has 22 heavy (non-hydrogen) atoms. The third-order valence-corrected chi connectivity index (χ3v) is 3.67. The number of hydrogen-bond donors (Lipinski definition) is 1. The molecule has 1 N–H and O–H groups in total. The topological polar surface area (TPSA) is 67.6 Å². The van der Waals surface area contributed by atoms with Crippen molar-refractivity contribution in [2.45, 2.75) is 65.1 Å². The van der Waals surface area contributed by atoms with Gasteiger partial charge in [-0.1, -0.05) is 0 Å². The van der Waals surface area contributed by atoms with E-state index in [1.165, 1.54) is 0 Å². The summed E-state index contributed by atoms with van der Waals surface area (Å²) < 4.78 is 11.0. The molecule has 6 nitrogen and oxygen atoms in total. The number of ether oxygens (including phenoxy) is 1. The molecule has 2 unspecified atom stereocenters. The number of likely N-dealkylation sites (tertiary alicyclic amines) is 1. The van der Waals surface area contributed by atoms with Crippen LogP contribution in [0, 0.1) is 6.92 Å².